The van der Waals surface area contributed by atoms with E-state index in [0.717, 1.165) is 35.1 Å². The van der Waals surface area contributed by atoms with Crippen LogP contribution in [0.4, 0.5) is 0 Å². The Morgan fingerprint density at radius 3 is 2.89 bits per heavy atom. The summed E-state index contributed by atoms with van der Waals surface area (Å²) in [4.78, 5) is 12.0. The van der Waals surface area contributed by atoms with Crippen molar-refractivity contribution in [1.82, 2.24) is 20.1 Å². The number of rotatable bonds is 9. The number of aryl methyl sites for hydroxylation is 2. The van der Waals surface area contributed by atoms with Crippen molar-refractivity contribution >= 4 is 17.7 Å². The van der Waals surface area contributed by atoms with Crippen molar-refractivity contribution in [3.05, 3.63) is 35.7 Å². The summed E-state index contributed by atoms with van der Waals surface area (Å²) in [6, 6.07) is 8.24. The predicted molar refractivity (Wildman–Crippen MR) is 107 cm³/mol. The fourth-order valence-corrected chi connectivity index (χ4v) is 4.10. The summed E-state index contributed by atoms with van der Waals surface area (Å²) in [6.07, 6.45) is 8.71. The number of carbonyl (C=O) groups excluding carboxylic acids is 1. The number of aromatic nitrogens is 3. The van der Waals surface area contributed by atoms with Crippen molar-refractivity contribution in [3.63, 3.8) is 0 Å². The Balaban J connectivity index is 1.42. The van der Waals surface area contributed by atoms with Gasteiger partial charge in [-0.25, -0.2) is 0 Å². The van der Waals surface area contributed by atoms with E-state index in [-0.39, 0.29) is 12.5 Å². The monoisotopic (exact) mass is 388 g/mol. The molecular weight excluding hydrogens is 360 g/mol. The Morgan fingerprint density at radius 2 is 2.15 bits per heavy atom. The molecule has 6 nitrogen and oxygen atoms in total. The molecule has 7 heteroatoms. The lowest BCUT2D eigenvalue weighted by Crippen LogP contribution is -2.30. The molecule has 0 spiro atoms. The zero-order valence-electron chi connectivity index (χ0n) is 16.1. The number of amides is 1. The van der Waals surface area contributed by atoms with Gasteiger partial charge in [-0.15, -0.1) is 10.2 Å². The van der Waals surface area contributed by atoms with Gasteiger partial charge in [-0.2, -0.15) is 0 Å². The maximum Gasteiger partial charge on any atom is 0.257 e. The van der Waals surface area contributed by atoms with Crippen LogP contribution in [0.25, 0.3) is 0 Å². The van der Waals surface area contributed by atoms with E-state index in [0.29, 0.717) is 12.6 Å². The van der Waals surface area contributed by atoms with E-state index in [1.165, 1.54) is 25.7 Å². The Kier molecular flexibility index (Phi) is 7.15. The lowest BCUT2D eigenvalue weighted by molar-refractivity contribution is -0.123. The first kappa shape index (κ1) is 19.7. The van der Waals surface area contributed by atoms with Crippen LogP contribution < -0.4 is 10.1 Å². The molecule has 27 heavy (non-hydrogen) atoms. The first-order valence-corrected chi connectivity index (χ1v) is 10.8. The van der Waals surface area contributed by atoms with E-state index in [1.54, 1.807) is 11.8 Å². The highest BCUT2D eigenvalue weighted by Crippen LogP contribution is 2.33. The molecule has 0 radical (unpaired) electrons. The fraction of sp³-hybridized carbons (Fsp3) is 0.550. The molecule has 1 aliphatic rings. The molecule has 3 rings (SSSR count). The van der Waals surface area contributed by atoms with E-state index in [1.807, 2.05) is 37.4 Å². The number of carbonyl (C=O) groups is 1. The van der Waals surface area contributed by atoms with Crippen LogP contribution in [0.5, 0.6) is 5.75 Å². The first-order chi connectivity index (χ1) is 13.2. The standard InChI is InChI=1S/C20H28N4O2S/c1-15-7-5-10-17(13-15)26-14-19(25)21-12-6-11-18-22-23-20(27-2)24(18)16-8-3-4-9-16/h5,7,10,13,16H,3-4,6,8-9,11-12,14H2,1-2H3,(H,21,25). The Bertz CT molecular complexity index is 756. The van der Waals surface area contributed by atoms with Crippen LogP contribution in [0, 0.1) is 6.92 Å². The molecule has 1 aromatic carbocycles. The van der Waals surface area contributed by atoms with Crippen molar-refractivity contribution in [2.24, 2.45) is 0 Å². The lowest BCUT2D eigenvalue weighted by Gasteiger charge is -2.16. The van der Waals surface area contributed by atoms with E-state index >= 15 is 0 Å². The van der Waals surface area contributed by atoms with Crippen LogP contribution in [0.3, 0.4) is 0 Å². The Morgan fingerprint density at radius 1 is 1.33 bits per heavy atom. The molecule has 0 atom stereocenters. The van der Waals surface area contributed by atoms with Gasteiger partial charge in [-0.05, 0) is 50.1 Å². The summed E-state index contributed by atoms with van der Waals surface area (Å²) in [5.74, 6) is 1.66. The molecular formula is C20H28N4O2S. The topological polar surface area (TPSA) is 69.0 Å². The Hall–Kier alpha value is -2.02. The highest BCUT2D eigenvalue weighted by Gasteiger charge is 2.23. The van der Waals surface area contributed by atoms with E-state index in [4.69, 9.17) is 4.74 Å². The summed E-state index contributed by atoms with van der Waals surface area (Å²) in [5.41, 5.74) is 1.11. The largest absolute Gasteiger partial charge is 0.484 e. The van der Waals surface area contributed by atoms with Gasteiger partial charge in [0.25, 0.3) is 5.91 Å². The molecule has 0 aliphatic heterocycles. The zero-order valence-corrected chi connectivity index (χ0v) is 16.9. The van der Waals surface area contributed by atoms with Crippen LogP contribution in [0.15, 0.2) is 29.4 Å². The van der Waals surface area contributed by atoms with Gasteiger partial charge in [-0.1, -0.05) is 36.7 Å². The minimum Gasteiger partial charge on any atom is -0.484 e. The minimum absolute atomic E-state index is 0.0400. The van der Waals surface area contributed by atoms with Crippen LogP contribution in [-0.4, -0.2) is 40.1 Å². The third-order valence-corrected chi connectivity index (χ3v) is 5.51. The maximum atomic E-state index is 12.0. The van der Waals surface area contributed by atoms with Crippen LogP contribution in [-0.2, 0) is 11.2 Å². The van der Waals surface area contributed by atoms with Gasteiger partial charge in [0.05, 0.1) is 0 Å². The first-order valence-electron chi connectivity index (χ1n) is 9.61. The van der Waals surface area contributed by atoms with E-state index < -0.39 is 0 Å². The zero-order chi connectivity index (χ0) is 19.1. The average molecular weight is 389 g/mol. The number of benzene rings is 1. The third-order valence-electron chi connectivity index (χ3n) is 4.87. The third kappa shape index (κ3) is 5.48. The number of thioether (sulfide) groups is 1. The van der Waals surface area contributed by atoms with Gasteiger partial charge in [0.2, 0.25) is 0 Å². The second kappa shape index (κ2) is 9.78. The molecule has 0 saturated heterocycles. The van der Waals surface area contributed by atoms with Gasteiger partial charge in [0.15, 0.2) is 11.8 Å². The highest BCUT2D eigenvalue weighted by molar-refractivity contribution is 7.98. The van der Waals surface area contributed by atoms with Gasteiger partial charge in [0.1, 0.15) is 11.6 Å². The molecule has 1 aliphatic carbocycles. The normalized spacial score (nSPS) is 14.4. The molecule has 2 aromatic rings. The summed E-state index contributed by atoms with van der Waals surface area (Å²) in [5, 5.41) is 12.6. The Labute approximate surface area is 165 Å². The number of nitrogens with one attached hydrogen (secondary N) is 1. The second-order valence-electron chi connectivity index (χ2n) is 6.97. The van der Waals surface area contributed by atoms with Gasteiger partial charge < -0.3 is 14.6 Å². The van der Waals surface area contributed by atoms with Gasteiger partial charge in [-0.3, -0.25) is 4.79 Å². The summed E-state index contributed by atoms with van der Waals surface area (Å²) >= 11 is 1.66. The average Bonchev–Trinajstić information content (AvgIpc) is 3.32. The highest BCUT2D eigenvalue weighted by atomic mass is 32.2. The molecule has 1 saturated carbocycles. The molecule has 1 heterocycles. The van der Waals surface area contributed by atoms with Crippen molar-refractivity contribution in [2.45, 2.75) is 56.6 Å². The van der Waals surface area contributed by atoms with Crippen LogP contribution in [0.1, 0.15) is 49.5 Å². The van der Waals surface area contributed by atoms with Crippen molar-refractivity contribution in [2.75, 3.05) is 19.4 Å². The summed E-state index contributed by atoms with van der Waals surface area (Å²) in [6.45, 7) is 2.65. The molecule has 0 bridgehead atoms. The second-order valence-corrected chi connectivity index (χ2v) is 7.74. The van der Waals surface area contributed by atoms with Crippen LogP contribution in [0.2, 0.25) is 0 Å². The summed E-state index contributed by atoms with van der Waals surface area (Å²) in [7, 11) is 0. The number of ether oxygens (including phenoxy) is 1. The van der Waals surface area contributed by atoms with Gasteiger partial charge in [0, 0.05) is 19.0 Å². The summed E-state index contributed by atoms with van der Waals surface area (Å²) < 4.78 is 7.85. The quantitative estimate of drug-likeness (QED) is 0.525. The van der Waals surface area contributed by atoms with Crippen molar-refractivity contribution < 1.29 is 9.53 Å². The number of nitrogens with zero attached hydrogens (tertiary/aromatic N) is 3. The maximum absolute atomic E-state index is 12.0. The smallest absolute Gasteiger partial charge is 0.257 e. The van der Waals surface area contributed by atoms with E-state index in [9.17, 15) is 4.79 Å². The van der Waals surface area contributed by atoms with Gasteiger partial charge >= 0.3 is 0 Å². The molecule has 0 unspecified atom stereocenters. The van der Waals surface area contributed by atoms with Crippen molar-refractivity contribution in [3.8, 4) is 5.75 Å². The van der Waals surface area contributed by atoms with Crippen LogP contribution >= 0.6 is 11.8 Å². The predicted octanol–water partition coefficient (Wildman–Crippen LogP) is 3.55. The number of hydrogen-bond donors (Lipinski definition) is 1. The van der Waals surface area contributed by atoms with E-state index in [2.05, 4.69) is 20.1 Å². The fourth-order valence-electron chi connectivity index (χ4n) is 3.53. The molecule has 1 amide bonds. The molecule has 1 fully saturated rings. The molecule has 1 aromatic heterocycles. The molecule has 1 N–H and O–H groups in total. The molecule has 146 valence electrons. The number of hydrogen-bond acceptors (Lipinski definition) is 5. The lowest BCUT2D eigenvalue weighted by atomic mass is 10.2. The minimum atomic E-state index is -0.0985. The van der Waals surface area contributed by atoms with Crippen molar-refractivity contribution in [1.29, 1.82) is 0 Å². The SMILES string of the molecule is CSc1nnc(CCCNC(=O)COc2cccc(C)c2)n1C1CCCC1.